The minimum absolute atomic E-state index is 0.0273. The van der Waals surface area contributed by atoms with Crippen LogP contribution in [0.2, 0.25) is 0 Å². The molecule has 0 aromatic heterocycles. The first kappa shape index (κ1) is 24.6. The molecule has 0 radical (unpaired) electrons. The molecule has 186 valence electrons. The summed E-state index contributed by atoms with van der Waals surface area (Å²) < 4.78 is 26.9. The maximum absolute atomic E-state index is 13.8. The molecular weight excluding hydrogens is 438 g/mol. The molecule has 1 saturated carbocycles. The van der Waals surface area contributed by atoms with Gasteiger partial charge in [0.15, 0.2) is 0 Å². The molecule has 4 aliphatic rings. The van der Waals surface area contributed by atoms with Crippen molar-refractivity contribution in [1.29, 1.82) is 0 Å². The van der Waals surface area contributed by atoms with E-state index in [0.29, 0.717) is 50.5 Å². The minimum Gasteiger partial charge on any atom is -0.337 e. The van der Waals surface area contributed by atoms with E-state index in [-0.39, 0.29) is 11.6 Å². The van der Waals surface area contributed by atoms with Crippen LogP contribution < -0.4 is 5.32 Å². The largest absolute Gasteiger partial charge is 0.337 e. The van der Waals surface area contributed by atoms with E-state index in [4.69, 9.17) is 0 Å². The standard InChI is InChI=1S/C26H36F2N4O2/c1-4-24(33)32(17-18-5-6-19-15-21(18)26(19,2)3)14-11-30-9-12-31(13-10-30)25(34)29-23-8-7-20(27)16-22(23)28/h5,7-8,16,19,21H,4,6,9-15,17H2,1-3H3,(H,29,34). The van der Waals surface area contributed by atoms with Gasteiger partial charge in [0.2, 0.25) is 5.91 Å². The Morgan fingerprint density at radius 1 is 1.18 bits per heavy atom. The number of carbonyl (C=O) groups is 2. The number of piperazine rings is 1. The Labute approximate surface area is 201 Å². The van der Waals surface area contributed by atoms with Gasteiger partial charge in [-0.1, -0.05) is 32.4 Å². The Hall–Kier alpha value is -2.48. The lowest BCUT2D eigenvalue weighted by molar-refractivity contribution is -0.131. The molecule has 6 nitrogen and oxygen atoms in total. The zero-order chi connectivity index (χ0) is 24.5. The lowest BCUT2D eigenvalue weighted by Gasteiger charge is -2.57. The molecule has 1 aliphatic heterocycles. The van der Waals surface area contributed by atoms with Gasteiger partial charge in [0.1, 0.15) is 11.6 Å². The van der Waals surface area contributed by atoms with Crippen molar-refractivity contribution in [3.8, 4) is 0 Å². The van der Waals surface area contributed by atoms with Gasteiger partial charge in [0, 0.05) is 58.3 Å². The fourth-order valence-corrected chi connectivity index (χ4v) is 5.61. The van der Waals surface area contributed by atoms with Gasteiger partial charge < -0.3 is 15.1 Å². The molecule has 1 saturated heterocycles. The smallest absolute Gasteiger partial charge is 0.322 e. The van der Waals surface area contributed by atoms with Crippen LogP contribution in [0.3, 0.4) is 0 Å². The van der Waals surface area contributed by atoms with Crippen molar-refractivity contribution in [3.05, 3.63) is 41.5 Å². The number of fused-ring (bicyclic) bond motifs is 1. The molecule has 0 spiro atoms. The fourth-order valence-electron chi connectivity index (χ4n) is 5.61. The van der Waals surface area contributed by atoms with E-state index in [1.54, 1.807) is 4.90 Å². The zero-order valence-electron chi connectivity index (χ0n) is 20.4. The lowest BCUT2D eigenvalue weighted by atomic mass is 9.49. The molecule has 2 atom stereocenters. The molecule has 2 fully saturated rings. The fraction of sp³-hybridized carbons (Fsp3) is 0.615. The number of benzene rings is 1. The Balaban J connectivity index is 1.26. The van der Waals surface area contributed by atoms with E-state index < -0.39 is 17.7 Å². The predicted molar refractivity (Wildman–Crippen MR) is 128 cm³/mol. The number of rotatable bonds is 7. The SMILES string of the molecule is CCC(=O)N(CCN1CCN(C(=O)Nc2ccc(F)cc2F)CC1)CC1=CCC2CC1C2(C)C. The second-order valence-electron chi connectivity index (χ2n) is 10.4. The van der Waals surface area contributed by atoms with Gasteiger partial charge in [-0.05, 0) is 42.2 Å². The topological polar surface area (TPSA) is 55.9 Å². The van der Waals surface area contributed by atoms with E-state index in [2.05, 4.69) is 30.1 Å². The number of allylic oxidation sites excluding steroid dienone is 1. The van der Waals surface area contributed by atoms with Crippen molar-refractivity contribution < 1.29 is 18.4 Å². The van der Waals surface area contributed by atoms with Crippen molar-refractivity contribution in [2.24, 2.45) is 17.3 Å². The molecule has 1 aromatic carbocycles. The third-order valence-corrected chi connectivity index (χ3v) is 8.13. The van der Waals surface area contributed by atoms with Gasteiger partial charge in [-0.25, -0.2) is 13.6 Å². The third kappa shape index (κ3) is 5.11. The molecule has 5 rings (SSSR count). The number of carbonyl (C=O) groups excluding carboxylic acids is 2. The van der Waals surface area contributed by atoms with Crippen LogP contribution in [-0.4, -0.2) is 72.5 Å². The van der Waals surface area contributed by atoms with Crippen molar-refractivity contribution in [2.75, 3.05) is 51.1 Å². The van der Waals surface area contributed by atoms with Crippen LogP contribution in [0.5, 0.6) is 0 Å². The quantitative estimate of drug-likeness (QED) is 0.598. The minimum atomic E-state index is -0.790. The van der Waals surface area contributed by atoms with Gasteiger partial charge >= 0.3 is 6.03 Å². The summed E-state index contributed by atoms with van der Waals surface area (Å²) in [6.45, 7) is 11.2. The Kier molecular flexibility index (Phi) is 7.26. The Bertz CT molecular complexity index is 956. The van der Waals surface area contributed by atoms with Crippen LogP contribution in [0.1, 0.15) is 40.0 Å². The van der Waals surface area contributed by atoms with E-state index in [9.17, 15) is 18.4 Å². The van der Waals surface area contributed by atoms with Crippen LogP contribution >= 0.6 is 0 Å². The van der Waals surface area contributed by atoms with Crippen molar-refractivity contribution >= 4 is 17.6 Å². The second-order valence-corrected chi connectivity index (χ2v) is 10.4. The average molecular weight is 475 g/mol. The molecule has 2 unspecified atom stereocenters. The van der Waals surface area contributed by atoms with Crippen molar-refractivity contribution in [3.63, 3.8) is 0 Å². The summed E-state index contributed by atoms with van der Waals surface area (Å²) in [4.78, 5) is 31.1. The number of nitrogens with one attached hydrogen (secondary N) is 1. The number of urea groups is 1. The molecule has 3 aliphatic carbocycles. The lowest BCUT2D eigenvalue weighted by Crippen LogP contribution is -2.52. The number of hydrogen-bond acceptors (Lipinski definition) is 3. The summed E-state index contributed by atoms with van der Waals surface area (Å²) in [6.07, 6.45) is 5.23. The zero-order valence-corrected chi connectivity index (χ0v) is 20.4. The first-order chi connectivity index (χ1) is 16.2. The molecule has 8 heteroatoms. The van der Waals surface area contributed by atoms with Gasteiger partial charge in [-0.2, -0.15) is 0 Å². The highest BCUT2D eigenvalue weighted by atomic mass is 19.1. The Morgan fingerprint density at radius 2 is 1.91 bits per heavy atom. The molecule has 3 amide bonds. The summed E-state index contributed by atoms with van der Waals surface area (Å²) in [5, 5.41) is 2.52. The van der Waals surface area contributed by atoms with Gasteiger partial charge in [-0.15, -0.1) is 0 Å². The van der Waals surface area contributed by atoms with Crippen LogP contribution in [0, 0.1) is 28.9 Å². The first-order valence-corrected chi connectivity index (χ1v) is 12.4. The summed E-state index contributed by atoms with van der Waals surface area (Å²) in [6, 6.07) is 2.71. The average Bonchev–Trinajstić information content (AvgIpc) is 2.83. The third-order valence-electron chi connectivity index (χ3n) is 8.13. The van der Waals surface area contributed by atoms with E-state index in [0.717, 1.165) is 37.6 Å². The monoisotopic (exact) mass is 474 g/mol. The maximum atomic E-state index is 13.8. The number of halogens is 2. The molecule has 34 heavy (non-hydrogen) atoms. The predicted octanol–water partition coefficient (Wildman–Crippen LogP) is 4.35. The highest BCUT2D eigenvalue weighted by Gasteiger charge is 2.51. The Morgan fingerprint density at radius 3 is 2.53 bits per heavy atom. The second kappa shape index (κ2) is 10.0. The summed E-state index contributed by atoms with van der Waals surface area (Å²) in [5.74, 6) is 0.0807. The van der Waals surface area contributed by atoms with Crippen LogP contribution in [0.4, 0.5) is 19.3 Å². The molecule has 1 N–H and O–H groups in total. The number of nitrogens with zero attached hydrogens (tertiary/aromatic N) is 3. The first-order valence-electron chi connectivity index (χ1n) is 12.4. The van der Waals surface area contributed by atoms with Gasteiger partial charge in [0.05, 0.1) is 5.69 Å². The van der Waals surface area contributed by atoms with E-state index in [1.807, 2.05) is 11.8 Å². The summed E-state index contributed by atoms with van der Waals surface area (Å²) in [7, 11) is 0. The molecular formula is C26H36F2N4O2. The maximum Gasteiger partial charge on any atom is 0.322 e. The number of anilines is 1. The van der Waals surface area contributed by atoms with Crippen LogP contribution in [0.25, 0.3) is 0 Å². The molecule has 2 bridgehead atoms. The summed E-state index contributed by atoms with van der Waals surface area (Å²) in [5.41, 5.74) is 1.74. The molecule has 1 heterocycles. The van der Waals surface area contributed by atoms with Crippen LogP contribution in [-0.2, 0) is 4.79 Å². The van der Waals surface area contributed by atoms with Gasteiger partial charge in [-0.3, -0.25) is 9.69 Å². The van der Waals surface area contributed by atoms with Crippen LogP contribution in [0.15, 0.2) is 29.8 Å². The molecule has 1 aromatic rings. The highest BCUT2D eigenvalue weighted by Crippen LogP contribution is 2.59. The van der Waals surface area contributed by atoms with Crippen molar-refractivity contribution in [2.45, 2.75) is 40.0 Å². The number of amides is 3. The van der Waals surface area contributed by atoms with E-state index in [1.165, 1.54) is 18.1 Å². The number of hydrogen-bond donors (Lipinski definition) is 1. The highest BCUT2D eigenvalue weighted by molar-refractivity contribution is 5.89. The van der Waals surface area contributed by atoms with Crippen molar-refractivity contribution in [1.82, 2.24) is 14.7 Å². The van der Waals surface area contributed by atoms with Gasteiger partial charge in [0.25, 0.3) is 0 Å². The summed E-state index contributed by atoms with van der Waals surface area (Å²) >= 11 is 0. The van der Waals surface area contributed by atoms with E-state index >= 15 is 0 Å². The normalized spacial score (nSPS) is 23.7.